The molecule has 0 aromatic heterocycles. The second-order valence-corrected chi connectivity index (χ2v) is 5.23. The number of rotatable bonds is 2. The van der Waals surface area contributed by atoms with Gasteiger partial charge in [0.25, 0.3) is 0 Å². The SMILES string of the molecule is CC(NC(=O)Nc1cccc2ccccc12)(C(F)(F)F)C(F)(F)F. The highest BCUT2D eigenvalue weighted by Crippen LogP contribution is 2.42. The highest BCUT2D eigenvalue weighted by molar-refractivity contribution is 6.01. The Morgan fingerprint density at radius 3 is 2.00 bits per heavy atom. The lowest BCUT2D eigenvalue weighted by Crippen LogP contribution is -2.66. The van der Waals surface area contributed by atoms with Crippen molar-refractivity contribution >= 4 is 22.5 Å². The normalized spacial score (nSPS) is 13.0. The number of amides is 2. The molecule has 2 N–H and O–H groups in total. The van der Waals surface area contributed by atoms with Gasteiger partial charge in [-0.15, -0.1) is 0 Å². The third kappa shape index (κ3) is 3.24. The van der Waals surface area contributed by atoms with Gasteiger partial charge in [0.2, 0.25) is 5.54 Å². The number of halogens is 6. The van der Waals surface area contributed by atoms with Gasteiger partial charge in [-0.3, -0.25) is 0 Å². The number of anilines is 1. The Morgan fingerprint density at radius 2 is 1.42 bits per heavy atom. The van der Waals surface area contributed by atoms with E-state index in [0.717, 1.165) is 5.32 Å². The Hall–Kier alpha value is -2.45. The summed E-state index contributed by atoms with van der Waals surface area (Å²) in [6.07, 6.45) is -11.4. The molecule has 0 saturated carbocycles. The molecule has 2 amide bonds. The number of benzene rings is 2. The molecule has 3 nitrogen and oxygen atoms in total. The first kappa shape index (κ1) is 17.9. The highest BCUT2D eigenvalue weighted by Gasteiger charge is 2.68. The summed E-state index contributed by atoms with van der Waals surface area (Å²) in [7, 11) is 0. The molecule has 2 rings (SSSR count). The van der Waals surface area contributed by atoms with Gasteiger partial charge in [0.1, 0.15) is 0 Å². The van der Waals surface area contributed by atoms with Gasteiger partial charge < -0.3 is 10.6 Å². The molecule has 2 aromatic carbocycles. The van der Waals surface area contributed by atoms with Crippen molar-refractivity contribution in [3.05, 3.63) is 42.5 Å². The zero-order valence-electron chi connectivity index (χ0n) is 12.2. The van der Waals surface area contributed by atoms with Gasteiger partial charge in [-0.25, -0.2) is 4.79 Å². The Kier molecular flexibility index (Phi) is 4.38. The van der Waals surface area contributed by atoms with E-state index >= 15 is 0 Å². The Labute approximate surface area is 132 Å². The number of hydrogen-bond acceptors (Lipinski definition) is 1. The van der Waals surface area contributed by atoms with Crippen LogP contribution in [0.4, 0.5) is 36.8 Å². The smallest absolute Gasteiger partial charge is 0.316 e. The van der Waals surface area contributed by atoms with Crippen molar-refractivity contribution in [3.63, 3.8) is 0 Å². The lowest BCUT2D eigenvalue weighted by Gasteiger charge is -2.34. The molecule has 0 heterocycles. The maximum Gasteiger partial charge on any atom is 0.420 e. The number of urea groups is 1. The van der Waals surface area contributed by atoms with E-state index in [4.69, 9.17) is 0 Å². The first-order valence-corrected chi connectivity index (χ1v) is 6.66. The van der Waals surface area contributed by atoms with Crippen LogP contribution >= 0.6 is 0 Å². The fourth-order valence-corrected chi connectivity index (χ4v) is 2.02. The number of nitrogens with one attached hydrogen (secondary N) is 2. The van der Waals surface area contributed by atoms with Gasteiger partial charge >= 0.3 is 18.4 Å². The van der Waals surface area contributed by atoms with Gasteiger partial charge in [-0.05, 0) is 18.4 Å². The minimum atomic E-state index is -5.71. The van der Waals surface area contributed by atoms with Gasteiger partial charge in [-0.1, -0.05) is 36.4 Å². The number of carbonyl (C=O) groups excluding carboxylic acids is 1. The average molecular weight is 350 g/mol. The van der Waals surface area contributed by atoms with E-state index in [9.17, 15) is 31.1 Å². The van der Waals surface area contributed by atoms with Gasteiger partial charge in [0.05, 0.1) is 5.69 Å². The van der Waals surface area contributed by atoms with Crippen LogP contribution in [-0.4, -0.2) is 23.9 Å². The molecule has 2 aromatic rings. The summed E-state index contributed by atoms with van der Waals surface area (Å²) >= 11 is 0. The Bertz CT molecular complexity index is 734. The van der Waals surface area contributed by atoms with Crippen LogP contribution in [0.1, 0.15) is 6.92 Å². The van der Waals surface area contributed by atoms with E-state index in [1.54, 1.807) is 30.3 Å². The molecule has 24 heavy (non-hydrogen) atoms. The predicted molar refractivity (Wildman–Crippen MR) is 76.6 cm³/mol. The van der Waals surface area contributed by atoms with E-state index in [2.05, 4.69) is 0 Å². The highest BCUT2D eigenvalue weighted by atomic mass is 19.4. The molecule has 130 valence electrons. The van der Waals surface area contributed by atoms with Crippen LogP contribution in [0, 0.1) is 0 Å². The zero-order chi connectivity index (χ0) is 18.2. The van der Waals surface area contributed by atoms with E-state index in [0.29, 0.717) is 10.8 Å². The molecule has 0 saturated heterocycles. The zero-order valence-corrected chi connectivity index (χ0v) is 12.2. The van der Waals surface area contributed by atoms with Crippen LogP contribution in [0.3, 0.4) is 0 Å². The molecule has 9 heteroatoms. The van der Waals surface area contributed by atoms with Gasteiger partial charge in [-0.2, -0.15) is 26.3 Å². The Morgan fingerprint density at radius 1 is 0.875 bits per heavy atom. The second-order valence-electron chi connectivity index (χ2n) is 5.23. The van der Waals surface area contributed by atoms with Crippen molar-refractivity contribution in [1.29, 1.82) is 0 Å². The summed E-state index contributed by atoms with van der Waals surface area (Å²) in [6, 6.07) is 9.57. The number of carbonyl (C=O) groups is 1. The number of alkyl halides is 6. The van der Waals surface area contributed by atoms with Crippen molar-refractivity contribution in [1.82, 2.24) is 5.32 Å². The molecule has 0 aliphatic rings. The largest absolute Gasteiger partial charge is 0.420 e. The third-order valence-corrected chi connectivity index (χ3v) is 3.54. The fraction of sp³-hybridized carbons (Fsp3) is 0.267. The predicted octanol–water partition coefficient (Wildman–Crippen LogP) is 4.84. The molecule has 0 atom stereocenters. The van der Waals surface area contributed by atoms with Crippen molar-refractivity contribution in [2.24, 2.45) is 0 Å². The van der Waals surface area contributed by atoms with Crippen LogP contribution in [0.25, 0.3) is 10.8 Å². The van der Waals surface area contributed by atoms with E-state index in [-0.39, 0.29) is 12.6 Å². The minimum absolute atomic E-state index is 0.0947. The quantitative estimate of drug-likeness (QED) is 0.748. The summed E-state index contributed by atoms with van der Waals surface area (Å²) < 4.78 is 76.7. The van der Waals surface area contributed by atoms with Crippen LogP contribution in [0.2, 0.25) is 0 Å². The summed E-state index contributed by atoms with van der Waals surface area (Å²) in [6.45, 7) is -0.129. The van der Waals surface area contributed by atoms with Crippen LogP contribution in [-0.2, 0) is 0 Å². The van der Waals surface area contributed by atoms with Gasteiger partial charge in [0, 0.05) is 5.39 Å². The van der Waals surface area contributed by atoms with Crippen LogP contribution in [0.15, 0.2) is 42.5 Å². The second kappa shape index (κ2) is 5.88. The summed E-state index contributed by atoms with van der Waals surface area (Å²) in [5, 5.41) is 4.17. The molecule has 0 radical (unpaired) electrons. The first-order valence-electron chi connectivity index (χ1n) is 6.66. The molecule has 0 bridgehead atoms. The van der Waals surface area contributed by atoms with Crippen molar-refractivity contribution in [2.45, 2.75) is 24.8 Å². The first-order chi connectivity index (χ1) is 11.0. The summed E-state index contributed by atoms with van der Waals surface area (Å²) in [5.41, 5.74) is -4.27. The maximum atomic E-state index is 12.8. The molecular weight excluding hydrogens is 338 g/mol. The van der Waals surface area contributed by atoms with E-state index < -0.39 is 23.9 Å². The maximum absolute atomic E-state index is 12.8. The standard InChI is InChI=1S/C15H12F6N2O/c1-13(14(16,17)18,15(19,20)21)23-12(24)22-11-8-4-6-9-5-2-3-7-10(9)11/h2-8H,1H3,(H2,22,23,24). The van der Waals surface area contributed by atoms with Gasteiger partial charge in [0.15, 0.2) is 0 Å². The Balaban J connectivity index is 2.29. The fourth-order valence-electron chi connectivity index (χ4n) is 2.02. The molecule has 0 spiro atoms. The summed E-state index contributed by atoms with van der Waals surface area (Å²) in [4.78, 5) is 11.7. The van der Waals surface area contributed by atoms with E-state index in [1.807, 2.05) is 5.32 Å². The third-order valence-electron chi connectivity index (χ3n) is 3.54. The lowest BCUT2D eigenvalue weighted by atomic mass is 10.0. The minimum Gasteiger partial charge on any atom is -0.316 e. The molecule has 0 aliphatic carbocycles. The van der Waals surface area contributed by atoms with Crippen molar-refractivity contribution in [3.8, 4) is 0 Å². The monoisotopic (exact) mass is 350 g/mol. The van der Waals surface area contributed by atoms with Crippen molar-refractivity contribution < 1.29 is 31.1 Å². The molecule has 0 aliphatic heterocycles. The topological polar surface area (TPSA) is 41.1 Å². The number of hydrogen-bond donors (Lipinski definition) is 2. The summed E-state index contributed by atoms with van der Waals surface area (Å²) in [5.74, 6) is 0. The van der Waals surface area contributed by atoms with E-state index in [1.165, 1.54) is 12.1 Å². The molecule has 0 fully saturated rings. The molecule has 0 unspecified atom stereocenters. The van der Waals surface area contributed by atoms with Crippen LogP contribution in [0.5, 0.6) is 0 Å². The van der Waals surface area contributed by atoms with Crippen LogP contribution < -0.4 is 10.6 Å². The lowest BCUT2D eigenvalue weighted by molar-refractivity contribution is -0.297. The molecular formula is C15H12F6N2O. The number of fused-ring (bicyclic) bond motifs is 1. The average Bonchev–Trinajstić information content (AvgIpc) is 2.45. The van der Waals surface area contributed by atoms with Crippen molar-refractivity contribution in [2.75, 3.05) is 5.32 Å².